The van der Waals surface area contributed by atoms with Crippen LogP contribution < -0.4 is 10.1 Å². The topological polar surface area (TPSA) is 49.9 Å². The Kier molecular flexibility index (Phi) is 2.76. The van der Waals surface area contributed by atoms with Crippen LogP contribution in [0.1, 0.15) is 23.0 Å². The first-order valence-corrected chi connectivity index (χ1v) is 5.88. The molecule has 94 valence electrons. The number of nitrogens with one attached hydrogen (secondary N) is 2. The zero-order chi connectivity index (χ0) is 12.5. The molecular weight excluding hydrogens is 233 g/mol. The van der Waals surface area contributed by atoms with Crippen molar-refractivity contribution in [2.75, 3.05) is 13.7 Å². The third-order valence-electron chi connectivity index (χ3n) is 3.27. The van der Waals surface area contributed by atoms with Crippen molar-refractivity contribution in [3.63, 3.8) is 0 Å². The van der Waals surface area contributed by atoms with Crippen LogP contribution in [0, 0.1) is 5.82 Å². The normalized spacial score (nSPS) is 18.4. The van der Waals surface area contributed by atoms with Gasteiger partial charge in [-0.2, -0.15) is 0 Å². The van der Waals surface area contributed by atoms with Crippen LogP contribution in [0.15, 0.2) is 24.5 Å². The molecule has 0 radical (unpaired) electrons. The van der Waals surface area contributed by atoms with Crippen LogP contribution in [0.25, 0.3) is 0 Å². The molecule has 1 aliphatic rings. The molecule has 0 aliphatic carbocycles. The smallest absolute Gasteiger partial charge is 0.132 e. The Bertz CT molecular complexity index is 567. The van der Waals surface area contributed by atoms with Crippen LogP contribution in [0.3, 0.4) is 0 Å². The Morgan fingerprint density at radius 3 is 3.11 bits per heavy atom. The van der Waals surface area contributed by atoms with Gasteiger partial charge in [0.05, 0.1) is 25.2 Å². The van der Waals surface area contributed by atoms with Crippen LogP contribution in [0.2, 0.25) is 0 Å². The molecule has 1 aromatic heterocycles. The van der Waals surface area contributed by atoms with Gasteiger partial charge in [-0.05, 0) is 6.07 Å². The van der Waals surface area contributed by atoms with Crippen molar-refractivity contribution in [3.05, 3.63) is 47.3 Å². The van der Waals surface area contributed by atoms with Crippen LogP contribution >= 0.6 is 0 Å². The van der Waals surface area contributed by atoms with Gasteiger partial charge in [-0.3, -0.25) is 0 Å². The van der Waals surface area contributed by atoms with Crippen molar-refractivity contribution in [1.82, 2.24) is 15.3 Å². The number of imidazole rings is 1. The van der Waals surface area contributed by atoms with Gasteiger partial charge in [0.15, 0.2) is 0 Å². The second kappa shape index (κ2) is 4.42. The molecule has 0 bridgehead atoms. The van der Waals surface area contributed by atoms with Crippen LogP contribution in [-0.4, -0.2) is 23.6 Å². The number of hydrogen-bond acceptors (Lipinski definition) is 3. The largest absolute Gasteiger partial charge is 0.497 e. The van der Waals surface area contributed by atoms with Gasteiger partial charge in [0.25, 0.3) is 0 Å². The standard InChI is InChI=1S/C13H14FN3O/c1-18-8-2-3-9(10(14)6-8)12-13-11(4-5-15-12)16-7-17-13/h2-3,6-7,12,15H,4-5H2,1H3,(H,16,17)/t12-/m1/s1. The quantitative estimate of drug-likeness (QED) is 0.850. The van der Waals surface area contributed by atoms with Gasteiger partial charge in [-0.1, -0.05) is 6.07 Å². The second-order valence-electron chi connectivity index (χ2n) is 4.29. The first kappa shape index (κ1) is 11.2. The first-order valence-electron chi connectivity index (χ1n) is 5.88. The summed E-state index contributed by atoms with van der Waals surface area (Å²) in [6.07, 6.45) is 2.55. The number of aromatic amines is 1. The molecule has 1 aliphatic heterocycles. The van der Waals surface area contributed by atoms with Crippen LogP contribution in [0.5, 0.6) is 5.75 Å². The summed E-state index contributed by atoms with van der Waals surface area (Å²) >= 11 is 0. The fourth-order valence-electron chi connectivity index (χ4n) is 2.34. The molecule has 0 fully saturated rings. The van der Waals surface area contributed by atoms with Crippen molar-refractivity contribution in [3.8, 4) is 5.75 Å². The van der Waals surface area contributed by atoms with E-state index >= 15 is 0 Å². The summed E-state index contributed by atoms with van der Waals surface area (Å²) in [4.78, 5) is 7.38. The fourth-order valence-corrected chi connectivity index (χ4v) is 2.34. The number of hydrogen-bond donors (Lipinski definition) is 2. The lowest BCUT2D eigenvalue weighted by Crippen LogP contribution is -2.31. The number of H-pyrrole nitrogens is 1. The maximum atomic E-state index is 14.1. The maximum absolute atomic E-state index is 14.1. The lowest BCUT2D eigenvalue weighted by Gasteiger charge is -2.23. The van der Waals surface area contributed by atoms with Crippen LogP contribution in [0.4, 0.5) is 4.39 Å². The molecule has 2 N–H and O–H groups in total. The minimum atomic E-state index is -0.275. The summed E-state index contributed by atoms with van der Waals surface area (Å²) in [7, 11) is 1.53. The molecule has 1 aromatic carbocycles. The van der Waals surface area contributed by atoms with E-state index in [1.165, 1.54) is 13.2 Å². The zero-order valence-corrected chi connectivity index (χ0v) is 10.0. The molecular formula is C13H14FN3O. The van der Waals surface area contributed by atoms with E-state index in [0.717, 1.165) is 24.4 Å². The molecule has 18 heavy (non-hydrogen) atoms. The van der Waals surface area contributed by atoms with Gasteiger partial charge in [0.1, 0.15) is 11.6 Å². The second-order valence-corrected chi connectivity index (χ2v) is 4.29. The highest BCUT2D eigenvalue weighted by atomic mass is 19.1. The summed E-state index contributed by atoms with van der Waals surface area (Å²) in [6, 6.07) is 4.72. The highest BCUT2D eigenvalue weighted by Crippen LogP contribution is 2.29. The summed E-state index contributed by atoms with van der Waals surface area (Å²) in [5.41, 5.74) is 2.56. The number of benzene rings is 1. The molecule has 5 heteroatoms. The molecule has 0 amide bonds. The van der Waals surface area contributed by atoms with Crippen molar-refractivity contribution in [2.24, 2.45) is 0 Å². The van der Waals surface area contributed by atoms with E-state index < -0.39 is 0 Å². The molecule has 4 nitrogen and oxygen atoms in total. The maximum Gasteiger partial charge on any atom is 0.132 e. The van der Waals surface area contributed by atoms with Crippen molar-refractivity contribution in [1.29, 1.82) is 0 Å². The molecule has 0 spiro atoms. The Morgan fingerprint density at radius 2 is 2.33 bits per heavy atom. The van der Waals surface area contributed by atoms with E-state index in [1.807, 2.05) is 0 Å². The third-order valence-corrected chi connectivity index (χ3v) is 3.27. The number of rotatable bonds is 2. The molecule has 2 aromatic rings. The van der Waals surface area contributed by atoms with Gasteiger partial charge < -0.3 is 15.0 Å². The Balaban J connectivity index is 2.02. The molecule has 1 atom stereocenters. The van der Waals surface area contributed by atoms with E-state index in [1.54, 1.807) is 18.5 Å². The van der Waals surface area contributed by atoms with Crippen molar-refractivity contribution < 1.29 is 9.13 Å². The van der Waals surface area contributed by atoms with Crippen molar-refractivity contribution >= 4 is 0 Å². The average molecular weight is 247 g/mol. The summed E-state index contributed by atoms with van der Waals surface area (Å²) in [5, 5.41) is 3.29. The Labute approximate surface area is 104 Å². The Hall–Kier alpha value is -1.88. The lowest BCUT2D eigenvalue weighted by atomic mass is 9.97. The number of fused-ring (bicyclic) bond motifs is 1. The number of ether oxygens (including phenoxy) is 1. The lowest BCUT2D eigenvalue weighted by molar-refractivity contribution is 0.409. The van der Waals surface area contributed by atoms with Crippen molar-refractivity contribution in [2.45, 2.75) is 12.5 Å². The monoisotopic (exact) mass is 247 g/mol. The summed E-state index contributed by atoms with van der Waals surface area (Å²) in [6.45, 7) is 0.811. The van der Waals surface area contributed by atoms with E-state index in [4.69, 9.17) is 4.74 Å². The highest BCUT2D eigenvalue weighted by Gasteiger charge is 2.25. The van der Waals surface area contributed by atoms with E-state index in [-0.39, 0.29) is 11.9 Å². The van der Waals surface area contributed by atoms with Gasteiger partial charge in [-0.15, -0.1) is 0 Å². The summed E-state index contributed by atoms with van der Waals surface area (Å²) in [5.74, 6) is 0.247. The first-order chi connectivity index (χ1) is 8.79. The average Bonchev–Trinajstić information content (AvgIpc) is 2.87. The number of nitrogens with zero attached hydrogens (tertiary/aromatic N) is 1. The number of halogens is 1. The SMILES string of the molecule is COc1ccc([C@H]2NCCc3[nH]cnc32)c(F)c1. The molecule has 0 unspecified atom stereocenters. The third kappa shape index (κ3) is 1.76. The minimum Gasteiger partial charge on any atom is -0.497 e. The predicted molar refractivity (Wildman–Crippen MR) is 65.1 cm³/mol. The predicted octanol–water partition coefficient (Wildman–Crippen LogP) is 1.79. The molecule has 0 saturated heterocycles. The van der Waals surface area contributed by atoms with Crippen LogP contribution in [-0.2, 0) is 6.42 Å². The number of methoxy groups -OCH3 is 1. The molecule has 3 rings (SSSR count). The van der Waals surface area contributed by atoms with E-state index in [0.29, 0.717) is 11.3 Å². The fraction of sp³-hybridized carbons (Fsp3) is 0.308. The van der Waals surface area contributed by atoms with Gasteiger partial charge in [0, 0.05) is 30.3 Å². The zero-order valence-electron chi connectivity index (χ0n) is 10.0. The Morgan fingerprint density at radius 1 is 1.44 bits per heavy atom. The highest BCUT2D eigenvalue weighted by molar-refractivity contribution is 5.37. The summed E-state index contributed by atoms with van der Waals surface area (Å²) < 4.78 is 19.1. The van der Waals surface area contributed by atoms with E-state index in [9.17, 15) is 4.39 Å². The minimum absolute atomic E-state index is 0.189. The van der Waals surface area contributed by atoms with Gasteiger partial charge in [-0.25, -0.2) is 9.37 Å². The number of aromatic nitrogens is 2. The molecule has 0 saturated carbocycles. The molecule has 2 heterocycles. The van der Waals surface area contributed by atoms with E-state index in [2.05, 4.69) is 15.3 Å². The van der Waals surface area contributed by atoms with Gasteiger partial charge in [0.2, 0.25) is 0 Å². The van der Waals surface area contributed by atoms with Gasteiger partial charge >= 0.3 is 0 Å².